The zero-order valence-electron chi connectivity index (χ0n) is 18.7. The normalized spacial score (nSPS) is 22.3. The first-order valence-corrected chi connectivity index (χ1v) is 11.0. The number of piperidine rings is 1. The van der Waals surface area contributed by atoms with Crippen LogP contribution in [0.3, 0.4) is 0 Å². The highest BCUT2D eigenvalue weighted by molar-refractivity contribution is 5.97. The van der Waals surface area contributed by atoms with Gasteiger partial charge in [0.1, 0.15) is 5.52 Å². The van der Waals surface area contributed by atoms with Crippen LogP contribution in [0.25, 0.3) is 16.6 Å². The van der Waals surface area contributed by atoms with Crippen LogP contribution in [0.2, 0.25) is 0 Å². The lowest BCUT2D eigenvalue weighted by Crippen LogP contribution is -2.53. The Bertz CT molecular complexity index is 1330. The number of hydrogen-bond donors (Lipinski definition) is 2. The largest absolute Gasteiger partial charge is 0.346 e. The maximum absolute atomic E-state index is 14.4. The number of benzene rings is 1. The van der Waals surface area contributed by atoms with E-state index in [1.807, 2.05) is 0 Å². The predicted octanol–water partition coefficient (Wildman–Crippen LogP) is 4.29. The second kappa shape index (κ2) is 8.23. The van der Waals surface area contributed by atoms with Crippen LogP contribution in [0.4, 0.5) is 29.2 Å². The molecule has 0 spiro atoms. The molecule has 2 N–H and O–H groups in total. The highest BCUT2D eigenvalue weighted by Gasteiger charge is 2.44. The molecule has 1 fully saturated rings. The zero-order chi connectivity index (χ0) is 24.2. The van der Waals surface area contributed by atoms with Gasteiger partial charge in [-0.2, -0.15) is 0 Å². The van der Waals surface area contributed by atoms with Crippen molar-refractivity contribution >= 4 is 22.9 Å². The monoisotopic (exact) mass is 476 g/mol. The summed E-state index contributed by atoms with van der Waals surface area (Å²) in [6.07, 6.45) is -1.00. The molecule has 0 radical (unpaired) electrons. The van der Waals surface area contributed by atoms with Gasteiger partial charge >= 0.3 is 0 Å². The second-order valence-corrected chi connectivity index (χ2v) is 9.02. The molecule has 4 heterocycles. The van der Waals surface area contributed by atoms with Gasteiger partial charge in [-0.25, -0.2) is 22.1 Å². The van der Waals surface area contributed by atoms with Gasteiger partial charge in [0.2, 0.25) is 12.4 Å². The molecule has 0 bridgehead atoms. The molecule has 3 aromatic rings. The Morgan fingerprint density at radius 3 is 2.82 bits per heavy atom. The summed E-state index contributed by atoms with van der Waals surface area (Å²) in [6, 6.07) is 5.86. The summed E-state index contributed by atoms with van der Waals surface area (Å²) in [6.45, 7) is 1.86. The summed E-state index contributed by atoms with van der Waals surface area (Å²) in [4.78, 5) is 21.5. The van der Waals surface area contributed by atoms with Crippen molar-refractivity contribution in [3.63, 3.8) is 0 Å². The number of aromatic nitrogens is 3. The van der Waals surface area contributed by atoms with Crippen molar-refractivity contribution < 1.29 is 17.6 Å². The number of rotatable bonds is 5. The van der Waals surface area contributed by atoms with Crippen molar-refractivity contribution in [2.75, 3.05) is 25.5 Å². The molecule has 0 aliphatic carbocycles. The van der Waals surface area contributed by atoms with Gasteiger partial charge in [0.25, 0.3) is 11.5 Å². The zero-order valence-corrected chi connectivity index (χ0v) is 18.7. The van der Waals surface area contributed by atoms with Crippen molar-refractivity contribution in [2.45, 2.75) is 44.1 Å². The molecule has 34 heavy (non-hydrogen) atoms. The molecule has 1 saturated heterocycles. The van der Waals surface area contributed by atoms with E-state index in [0.717, 1.165) is 0 Å². The average molecular weight is 476 g/mol. The summed E-state index contributed by atoms with van der Waals surface area (Å²) in [5.74, 6) is -3.49. The minimum absolute atomic E-state index is 0.0381. The van der Waals surface area contributed by atoms with E-state index in [2.05, 4.69) is 20.4 Å². The third-order valence-electron chi connectivity index (χ3n) is 6.55. The Morgan fingerprint density at radius 2 is 2.09 bits per heavy atom. The molecule has 2 atom stereocenters. The van der Waals surface area contributed by atoms with Crippen molar-refractivity contribution in [1.82, 2.24) is 19.5 Å². The van der Waals surface area contributed by atoms with E-state index in [-0.39, 0.29) is 30.9 Å². The highest BCUT2D eigenvalue weighted by Crippen LogP contribution is 2.41. The van der Waals surface area contributed by atoms with Crippen LogP contribution in [0, 0.1) is 0 Å². The number of halogens is 4. The van der Waals surface area contributed by atoms with Gasteiger partial charge in [-0.3, -0.25) is 14.8 Å². The van der Waals surface area contributed by atoms with E-state index in [1.165, 1.54) is 4.52 Å². The molecule has 1 aromatic carbocycles. The third kappa shape index (κ3) is 3.97. The van der Waals surface area contributed by atoms with Crippen LogP contribution in [0.5, 0.6) is 0 Å². The van der Waals surface area contributed by atoms with Crippen LogP contribution in [0.15, 0.2) is 40.2 Å². The Balaban J connectivity index is 1.47. The summed E-state index contributed by atoms with van der Waals surface area (Å²) < 4.78 is 56.3. The van der Waals surface area contributed by atoms with Crippen LogP contribution in [-0.2, 0) is 0 Å². The van der Waals surface area contributed by atoms with Crippen LogP contribution in [-0.4, -0.2) is 63.7 Å². The quantitative estimate of drug-likeness (QED) is 0.539. The number of H-pyrrole nitrogens is 1. The lowest BCUT2D eigenvalue weighted by molar-refractivity contribution is -0.0675. The van der Waals surface area contributed by atoms with Gasteiger partial charge in [0.15, 0.2) is 0 Å². The number of nitrogens with one attached hydrogen (secondary N) is 2. The van der Waals surface area contributed by atoms with E-state index in [0.29, 0.717) is 34.6 Å². The average Bonchev–Trinajstić information content (AvgIpc) is 3.31. The molecule has 11 heteroatoms. The van der Waals surface area contributed by atoms with Gasteiger partial charge in [0, 0.05) is 36.4 Å². The molecule has 0 amide bonds. The first kappa shape index (κ1) is 22.6. The van der Waals surface area contributed by atoms with E-state index in [4.69, 9.17) is 0 Å². The molecular weight excluding hydrogens is 452 g/mol. The fourth-order valence-corrected chi connectivity index (χ4v) is 4.85. The van der Waals surface area contributed by atoms with Crippen molar-refractivity contribution in [2.24, 2.45) is 4.99 Å². The predicted molar refractivity (Wildman–Crippen MR) is 122 cm³/mol. The SMILES string of the molecule is CC1=Nc2ccc(-c3ccn4nc(NC5CCN(C)CC5(F)F)[nH]c(=O)c34)cc2C1CC(F)F. The molecule has 2 aliphatic heterocycles. The number of fused-ring (bicyclic) bond motifs is 2. The molecule has 2 aromatic heterocycles. The Morgan fingerprint density at radius 1 is 1.29 bits per heavy atom. The summed E-state index contributed by atoms with van der Waals surface area (Å²) in [7, 11) is 1.64. The van der Waals surface area contributed by atoms with E-state index >= 15 is 0 Å². The topological polar surface area (TPSA) is 77.8 Å². The fraction of sp³-hybridized carbons (Fsp3) is 0.435. The molecule has 5 rings (SSSR count). The van der Waals surface area contributed by atoms with E-state index in [9.17, 15) is 22.4 Å². The lowest BCUT2D eigenvalue weighted by Gasteiger charge is -2.36. The smallest absolute Gasteiger partial charge is 0.280 e. The number of likely N-dealkylation sites (tertiary alicyclic amines) is 1. The first-order valence-electron chi connectivity index (χ1n) is 11.0. The highest BCUT2D eigenvalue weighted by atomic mass is 19.3. The number of hydrogen-bond acceptors (Lipinski definition) is 5. The van der Waals surface area contributed by atoms with E-state index < -0.39 is 29.9 Å². The first-order chi connectivity index (χ1) is 16.1. The van der Waals surface area contributed by atoms with E-state index in [1.54, 1.807) is 49.3 Å². The van der Waals surface area contributed by atoms with Gasteiger partial charge < -0.3 is 10.2 Å². The Hall–Kier alpha value is -3.21. The fourth-order valence-electron chi connectivity index (χ4n) is 4.85. The second-order valence-electron chi connectivity index (χ2n) is 9.02. The lowest BCUT2D eigenvalue weighted by atomic mass is 9.91. The van der Waals surface area contributed by atoms with Gasteiger partial charge in [-0.05, 0) is 49.7 Å². The number of nitrogens with zero attached hydrogens (tertiary/aromatic N) is 4. The minimum Gasteiger partial charge on any atom is -0.346 e. The van der Waals surface area contributed by atoms with Crippen LogP contribution < -0.4 is 10.9 Å². The van der Waals surface area contributed by atoms with Gasteiger partial charge in [-0.15, -0.1) is 5.10 Å². The standard InChI is InChI=1S/C23H24F4N6O/c1-12-15(10-19(24)25)16-9-13(3-4-17(16)28-12)14-5-8-33-20(14)21(34)30-22(31-33)29-18-6-7-32(2)11-23(18,26)27/h3-5,8-9,15,18-19H,6-7,10-11H2,1-2H3,(H2,29,30,31,34). The van der Waals surface area contributed by atoms with Crippen molar-refractivity contribution in [3.8, 4) is 11.1 Å². The van der Waals surface area contributed by atoms with Gasteiger partial charge in [0.05, 0.1) is 18.3 Å². The molecule has 2 unspecified atom stereocenters. The maximum Gasteiger partial charge on any atom is 0.280 e. The minimum atomic E-state index is -2.97. The Kier molecular flexibility index (Phi) is 5.46. The number of aromatic amines is 1. The summed E-state index contributed by atoms with van der Waals surface area (Å²) >= 11 is 0. The molecule has 7 nitrogen and oxygen atoms in total. The number of anilines is 1. The van der Waals surface area contributed by atoms with Crippen LogP contribution >= 0.6 is 0 Å². The summed E-state index contributed by atoms with van der Waals surface area (Å²) in [5.41, 5.74) is 2.95. The summed E-state index contributed by atoms with van der Waals surface area (Å²) in [5, 5.41) is 6.97. The molecule has 2 aliphatic rings. The molecule has 0 saturated carbocycles. The molecule has 180 valence electrons. The molecular formula is C23H24F4N6O. The maximum atomic E-state index is 14.4. The number of aliphatic imine (C=N–C) groups is 1. The Labute approximate surface area is 192 Å². The van der Waals surface area contributed by atoms with Crippen molar-refractivity contribution in [1.29, 1.82) is 0 Å². The van der Waals surface area contributed by atoms with Crippen LogP contribution in [0.1, 0.15) is 31.2 Å². The van der Waals surface area contributed by atoms with Crippen molar-refractivity contribution in [3.05, 3.63) is 46.4 Å². The number of alkyl halides is 4. The van der Waals surface area contributed by atoms with Gasteiger partial charge in [-0.1, -0.05) is 6.07 Å². The third-order valence-corrected chi connectivity index (χ3v) is 6.55.